The highest BCUT2D eigenvalue weighted by molar-refractivity contribution is 5.71. The van der Waals surface area contributed by atoms with Crippen molar-refractivity contribution in [1.29, 1.82) is 0 Å². The van der Waals surface area contributed by atoms with E-state index in [4.69, 9.17) is 14.2 Å². The summed E-state index contributed by atoms with van der Waals surface area (Å²) in [5, 5.41) is 0. The van der Waals surface area contributed by atoms with Crippen LogP contribution in [0.1, 0.15) is 284 Å². The number of ether oxygens (including phenoxy) is 3. The number of hydrogen-bond acceptors (Lipinski definition) is 6. The lowest BCUT2D eigenvalue weighted by atomic mass is 10.1. The third-order valence-electron chi connectivity index (χ3n) is 12.6. The highest BCUT2D eigenvalue weighted by Crippen LogP contribution is 2.15. The van der Waals surface area contributed by atoms with Gasteiger partial charge in [-0.2, -0.15) is 0 Å². The Labute approximate surface area is 433 Å². The Balaban J connectivity index is 4.36. The molecule has 402 valence electrons. The summed E-state index contributed by atoms with van der Waals surface area (Å²) in [6.07, 6.45) is 75.7. The minimum atomic E-state index is -0.789. The van der Waals surface area contributed by atoms with Gasteiger partial charge in [-0.3, -0.25) is 14.4 Å². The van der Waals surface area contributed by atoms with Gasteiger partial charge in [0.25, 0.3) is 0 Å². The Bertz CT molecular complexity index is 1350. The number of carbonyl (C=O) groups is 3. The molecule has 0 amide bonds. The number of unbranched alkanes of at least 4 members (excludes halogenated alkanes) is 28. The number of hydrogen-bond donors (Lipinski definition) is 0. The fourth-order valence-corrected chi connectivity index (χ4v) is 8.16. The average Bonchev–Trinajstić information content (AvgIpc) is 3.36. The zero-order chi connectivity index (χ0) is 50.7. The van der Waals surface area contributed by atoms with E-state index < -0.39 is 6.10 Å². The van der Waals surface area contributed by atoms with E-state index in [-0.39, 0.29) is 31.1 Å². The van der Waals surface area contributed by atoms with E-state index in [2.05, 4.69) is 106 Å². The van der Waals surface area contributed by atoms with E-state index in [9.17, 15) is 14.4 Å². The van der Waals surface area contributed by atoms with Crippen LogP contribution in [-0.2, 0) is 28.6 Å². The minimum absolute atomic E-state index is 0.0866. The summed E-state index contributed by atoms with van der Waals surface area (Å²) in [4.78, 5) is 38.2. The standard InChI is InChI=1S/C64H110O6/c1-4-7-10-13-16-19-22-25-27-29-30-31-32-33-34-35-37-39-42-45-48-51-54-57-63(66)69-60-61(59-68-62(65)56-53-50-47-44-41-38-24-21-18-15-12-9-6-3)70-64(67)58-55-52-49-46-43-40-36-28-26-23-20-17-14-11-8-5-2/h7,10,16,19-21,23-25,27-28,30-31,36,61H,4-6,8-9,11-15,17-18,22,26,29,32-35,37-60H2,1-3H3/b10-7-,19-16-,23-20-,24-21-,27-25-,31-30-,36-28-. The maximum atomic E-state index is 12.9. The largest absolute Gasteiger partial charge is 0.462 e. The van der Waals surface area contributed by atoms with Crippen molar-refractivity contribution in [2.75, 3.05) is 13.2 Å². The Kier molecular flexibility index (Phi) is 55.3. The molecule has 0 N–H and O–H groups in total. The van der Waals surface area contributed by atoms with Crippen LogP contribution in [0.15, 0.2) is 85.1 Å². The van der Waals surface area contributed by atoms with Gasteiger partial charge >= 0.3 is 17.9 Å². The van der Waals surface area contributed by atoms with Crippen LogP contribution in [0.2, 0.25) is 0 Å². The Morgan fingerprint density at radius 2 is 0.557 bits per heavy atom. The molecule has 0 aromatic rings. The fourth-order valence-electron chi connectivity index (χ4n) is 8.16. The Hall–Kier alpha value is -3.41. The summed E-state index contributed by atoms with van der Waals surface area (Å²) >= 11 is 0. The smallest absolute Gasteiger partial charge is 0.306 e. The highest BCUT2D eigenvalue weighted by Gasteiger charge is 2.19. The van der Waals surface area contributed by atoms with Gasteiger partial charge in [0, 0.05) is 19.3 Å². The first kappa shape index (κ1) is 66.6. The van der Waals surface area contributed by atoms with Crippen molar-refractivity contribution in [3.63, 3.8) is 0 Å². The summed E-state index contributed by atoms with van der Waals surface area (Å²) in [6, 6.07) is 0. The van der Waals surface area contributed by atoms with Crippen LogP contribution in [0.3, 0.4) is 0 Å². The van der Waals surface area contributed by atoms with Crippen LogP contribution < -0.4 is 0 Å². The number of carbonyl (C=O) groups excluding carboxylic acids is 3. The maximum Gasteiger partial charge on any atom is 0.306 e. The van der Waals surface area contributed by atoms with E-state index in [1.54, 1.807) is 0 Å². The van der Waals surface area contributed by atoms with Crippen molar-refractivity contribution in [3.05, 3.63) is 85.1 Å². The molecule has 0 aliphatic rings. The molecule has 0 aliphatic heterocycles. The van der Waals surface area contributed by atoms with Crippen molar-refractivity contribution in [2.24, 2.45) is 0 Å². The lowest BCUT2D eigenvalue weighted by Gasteiger charge is -2.18. The van der Waals surface area contributed by atoms with Gasteiger partial charge < -0.3 is 14.2 Å². The third-order valence-corrected chi connectivity index (χ3v) is 12.6. The minimum Gasteiger partial charge on any atom is -0.462 e. The van der Waals surface area contributed by atoms with Crippen molar-refractivity contribution < 1.29 is 28.6 Å². The van der Waals surface area contributed by atoms with Crippen LogP contribution >= 0.6 is 0 Å². The molecule has 0 saturated carbocycles. The summed E-state index contributed by atoms with van der Waals surface area (Å²) < 4.78 is 16.9. The first-order valence-corrected chi connectivity index (χ1v) is 29.6. The van der Waals surface area contributed by atoms with Gasteiger partial charge in [0.2, 0.25) is 0 Å². The lowest BCUT2D eigenvalue weighted by Crippen LogP contribution is -2.30. The molecule has 0 heterocycles. The number of rotatable bonds is 53. The lowest BCUT2D eigenvalue weighted by molar-refractivity contribution is -0.167. The zero-order valence-electron chi connectivity index (χ0n) is 46.0. The quantitative estimate of drug-likeness (QED) is 0.0261. The van der Waals surface area contributed by atoms with Gasteiger partial charge in [-0.25, -0.2) is 0 Å². The van der Waals surface area contributed by atoms with Gasteiger partial charge in [0.05, 0.1) is 0 Å². The Morgan fingerprint density at radius 3 is 0.886 bits per heavy atom. The van der Waals surface area contributed by atoms with E-state index in [1.807, 2.05) is 0 Å². The third kappa shape index (κ3) is 55.5. The monoisotopic (exact) mass is 975 g/mol. The summed E-state index contributed by atoms with van der Waals surface area (Å²) in [6.45, 7) is 6.49. The van der Waals surface area contributed by atoms with Gasteiger partial charge in [-0.1, -0.05) is 234 Å². The molecule has 0 aromatic carbocycles. The molecule has 0 radical (unpaired) electrons. The first-order valence-electron chi connectivity index (χ1n) is 29.6. The van der Waals surface area contributed by atoms with Crippen molar-refractivity contribution >= 4 is 17.9 Å². The number of allylic oxidation sites excluding steroid dienone is 14. The van der Waals surface area contributed by atoms with Gasteiger partial charge in [-0.05, 0) is 116 Å². The zero-order valence-corrected chi connectivity index (χ0v) is 46.0. The first-order chi connectivity index (χ1) is 34.5. The molecule has 1 atom stereocenters. The molecule has 0 rings (SSSR count). The second kappa shape index (κ2) is 58.2. The van der Waals surface area contributed by atoms with Crippen molar-refractivity contribution in [2.45, 2.75) is 290 Å². The second-order valence-electron chi connectivity index (χ2n) is 19.5. The van der Waals surface area contributed by atoms with Gasteiger partial charge in [0.15, 0.2) is 6.10 Å². The summed E-state index contributed by atoms with van der Waals surface area (Å²) in [7, 11) is 0. The summed E-state index contributed by atoms with van der Waals surface area (Å²) in [5.41, 5.74) is 0. The molecular weight excluding hydrogens is 865 g/mol. The van der Waals surface area contributed by atoms with E-state index in [1.165, 1.54) is 128 Å². The molecule has 70 heavy (non-hydrogen) atoms. The number of esters is 3. The highest BCUT2D eigenvalue weighted by atomic mass is 16.6. The van der Waals surface area contributed by atoms with Gasteiger partial charge in [0.1, 0.15) is 13.2 Å². The van der Waals surface area contributed by atoms with Crippen LogP contribution in [0.4, 0.5) is 0 Å². The van der Waals surface area contributed by atoms with Crippen LogP contribution in [0.25, 0.3) is 0 Å². The molecular formula is C64H110O6. The summed E-state index contributed by atoms with van der Waals surface area (Å²) in [5.74, 6) is -0.906. The molecule has 0 fully saturated rings. The molecule has 0 bridgehead atoms. The van der Waals surface area contributed by atoms with Crippen molar-refractivity contribution in [1.82, 2.24) is 0 Å². The van der Waals surface area contributed by atoms with Crippen LogP contribution in [-0.4, -0.2) is 37.2 Å². The molecule has 0 aromatic heterocycles. The molecule has 6 heteroatoms. The average molecular weight is 976 g/mol. The maximum absolute atomic E-state index is 12.9. The molecule has 0 saturated heterocycles. The van der Waals surface area contributed by atoms with Crippen LogP contribution in [0, 0.1) is 0 Å². The SMILES string of the molecule is CC/C=C\C/C=C\C/C=C\C/C=C\CCCCCCCCCCCCC(=O)OCC(COC(=O)CCCCCCC/C=C\CCCCCC)OC(=O)CCCCCCC/C=C\C/C=C\CCCCCC. The van der Waals surface area contributed by atoms with Crippen molar-refractivity contribution in [3.8, 4) is 0 Å². The van der Waals surface area contributed by atoms with E-state index in [0.717, 1.165) is 116 Å². The predicted octanol–water partition coefficient (Wildman–Crippen LogP) is 19.9. The van der Waals surface area contributed by atoms with E-state index >= 15 is 0 Å². The molecule has 0 aliphatic carbocycles. The van der Waals surface area contributed by atoms with Gasteiger partial charge in [-0.15, -0.1) is 0 Å². The predicted molar refractivity (Wildman–Crippen MR) is 302 cm³/mol. The molecule has 0 spiro atoms. The van der Waals surface area contributed by atoms with Crippen LogP contribution in [0.5, 0.6) is 0 Å². The fraction of sp³-hybridized carbons (Fsp3) is 0.734. The molecule has 6 nitrogen and oxygen atoms in total. The normalized spacial score (nSPS) is 12.7. The Morgan fingerprint density at radius 1 is 0.300 bits per heavy atom. The second-order valence-corrected chi connectivity index (χ2v) is 19.5. The van der Waals surface area contributed by atoms with E-state index in [0.29, 0.717) is 19.3 Å². The topological polar surface area (TPSA) is 78.9 Å². The molecule has 1 unspecified atom stereocenters.